The predicted molar refractivity (Wildman–Crippen MR) is 71.0 cm³/mol. The van der Waals surface area contributed by atoms with Crippen molar-refractivity contribution in [1.82, 2.24) is 10.2 Å². The fraction of sp³-hybridized carbons (Fsp3) is 0.846. The van der Waals surface area contributed by atoms with Crippen LogP contribution < -0.4 is 5.32 Å². The average Bonchev–Trinajstić information content (AvgIpc) is 2.39. The van der Waals surface area contributed by atoms with Crippen molar-refractivity contribution in [3.63, 3.8) is 0 Å². The molecule has 1 unspecified atom stereocenters. The highest BCUT2D eigenvalue weighted by molar-refractivity contribution is 5.74. The number of rotatable bonds is 6. The number of aliphatic carboxylic acids is 1. The summed E-state index contributed by atoms with van der Waals surface area (Å²) in [5.41, 5.74) is 0. The molecule has 1 aliphatic rings. The first kappa shape index (κ1) is 15.8. The van der Waals surface area contributed by atoms with Gasteiger partial charge in [-0.25, -0.2) is 4.79 Å². The fourth-order valence-corrected chi connectivity index (χ4v) is 2.05. The molecule has 2 amide bonds. The Labute approximate surface area is 114 Å². The molecule has 1 saturated heterocycles. The number of nitrogens with zero attached hydrogens (tertiary/aromatic N) is 1. The summed E-state index contributed by atoms with van der Waals surface area (Å²) in [5, 5.41) is 11.5. The van der Waals surface area contributed by atoms with Crippen LogP contribution in [0.2, 0.25) is 0 Å². The van der Waals surface area contributed by atoms with Gasteiger partial charge in [0.05, 0.1) is 5.92 Å². The monoisotopic (exact) mass is 272 g/mol. The Balaban J connectivity index is 2.19. The molecule has 0 bridgehead atoms. The second kappa shape index (κ2) is 7.99. The largest absolute Gasteiger partial charge is 0.481 e. The van der Waals surface area contributed by atoms with Crippen molar-refractivity contribution in [3.8, 4) is 0 Å². The Kier molecular flexibility index (Phi) is 6.62. The van der Waals surface area contributed by atoms with Gasteiger partial charge in [0, 0.05) is 33.4 Å². The highest BCUT2D eigenvalue weighted by atomic mass is 16.5. The minimum atomic E-state index is -0.829. The Bertz CT molecular complexity index is 303. The zero-order chi connectivity index (χ0) is 14.3. The molecule has 2 N–H and O–H groups in total. The van der Waals surface area contributed by atoms with Crippen molar-refractivity contribution in [1.29, 1.82) is 0 Å². The van der Waals surface area contributed by atoms with Crippen LogP contribution in [0.4, 0.5) is 4.79 Å². The van der Waals surface area contributed by atoms with Crippen molar-refractivity contribution in [2.24, 2.45) is 11.8 Å². The quantitative estimate of drug-likeness (QED) is 0.760. The summed E-state index contributed by atoms with van der Waals surface area (Å²) < 4.78 is 5.28. The summed E-state index contributed by atoms with van der Waals surface area (Å²) >= 11 is 0. The Hall–Kier alpha value is -1.30. The van der Waals surface area contributed by atoms with Gasteiger partial charge in [-0.1, -0.05) is 6.92 Å². The summed E-state index contributed by atoms with van der Waals surface area (Å²) in [4.78, 5) is 24.1. The summed E-state index contributed by atoms with van der Waals surface area (Å²) in [7, 11) is 1.77. The molecule has 0 aromatic rings. The molecule has 110 valence electrons. The summed E-state index contributed by atoms with van der Waals surface area (Å²) in [6.45, 7) is 4.31. The van der Waals surface area contributed by atoms with E-state index in [0.29, 0.717) is 18.9 Å². The SMILES string of the molecule is CC(CCNC(=O)N(C)CC1CCOCC1)C(=O)O. The van der Waals surface area contributed by atoms with E-state index in [1.807, 2.05) is 0 Å². The molecular weight excluding hydrogens is 248 g/mol. The maximum Gasteiger partial charge on any atom is 0.317 e. The van der Waals surface area contributed by atoms with Crippen LogP contribution in [0.3, 0.4) is 0 Å². The number of hydrogen-bond acceptors (Lipinski definition) is 3. The molecule has 0 radical (unpaired) electrons. The molecule has 0 aromatic carbocycles. The van der Waals surface area contributed by atoms with Crippen LogP contribution in [-0.4, -0.2) is 55.4 Å². The van der Waals surface area contributed by atoms with Gasteiger partial charge in [0.2, 0.25) is 0 Å². The maximum absolute atomic E-state index is 11.8. The summed E-state index contributed by atoms with van der Waals surface area (Å²) in [6, 6.07) is -0.135. The van der Waals surface area contributed by atoms with Crippen LogP contribution in [0.5, 0.6) is 0 Å². The average molecular weight is 272 g/mol. The molecule has 1 fully saturated rings. The molecule has 0 aliphatic carbocycles. The standard InChI is InChI=1S/C13H24N2O4/c1-10(12(16)17)3-6-14-13(18)15(2)9-11-4-7-19-8-5-11/h10-11H,3-9H2,1-2H3,(H,14,18)(H,16,17). The summed E-state index contributed by atoms with van der Waals surface area (Å²) in [5.74, 6) is -0.756. The van der Waals surface area contributed by atoms with E-state index in [1.54, 1.807) is 18.9 Å². The lowest BCUT2D eigenvalue weighted by atomic mass is 10.00. The third-order valence-electron chi connectivity index (χ3n) is 3.49. The highest BCUT2D eigenvalue weighted by Gasteiger charge is 2.18. The van der Waals surface area contributed by atoms with Crippen LogP contribution in [0.15, 0.2) is 0 Å². The molecule has 1 aliphatic heterocycles. The highest BCUT2D eigenvalue weighted by Crippen LogP contribution is 2.15. The first-order valence-electron chi connectivity index (χ1n) is 6.80. The van der Waals surface area contributed by atoms with Gasteiger partial charge in [0.25, 0.3) is 0 Å². The minimum Gasteiger partial charge on any atom is -0.481 e. The first-order chi connectivity index (χ1) is 9.00. The number of carbonyl (C=O) groups is 2. The molecule has 0 aromatic heterocycles. The minimum absolute atomic E-state index is 0.135. The van der Waals surface area contributed by atoms with Crippen molar-refractivity contribution >= 4 is 12.0 Å². The van der Waals surface area contributed by atoms with E-state index in [4.69, 9.17) is 9.84 Å². The molecule has 6 heteroatoms. The number of amides is 2. The van der Waals surface area contributed by atoms with E-state index in [9.17, 15) is 9.59 Å². The lowest BCUT2D eigenvalue weighted by Gasteiger charge is -2.27. The fourth-order valence-electron chi connectivity index (χ4n) is 2.05. The van der Waals surface area contributed by atoms with Crippen molar-refractivity contribution in [3.05, 3.63) is 0 Å². The van der Waals surface area contributed by atoms with Gasteiger partial charge in [-0.05, 0) is 25.2 Å². The van der Waals surface area contributed by atoms with E-state index >= 15 is 0 Å². The Morgan fingerprint density at radius 3 is 2.63 bits per heavy atom. The normalized spacial score (nSPS) is 17.8. The van der Waals surface area contributed by atoms with Crippen LogP contribution in [0.25, 0.3) is 0 Å². The van der Waals surface area contributed by atoms with Gasteiger partial charge in [0.15, 0.2) is 0 Å². The molecule has 0 saturated carbocycles. The molecule has 19 heavy (non-hydrogen) atoms. The molecule has 0 spiro atoms. The van der Waals surface area contributed by atoms with E-state index in [0.717, 1.165) is 32.6 Å². The van der Waals surface area contributed by atoms with Crippen LogP contribution >= 0.6 is 0 Å². The number of nitrogens with one attached hydrogen (secondary N) is 1. The molecule has 1 atom stereocenters. The zero-order valence-electron chi connectivity index (χ0n) is 11.7. The van der Waals surface area contributed by atoms with Crippen LogP contribution in [-0.2, 0) is 9.53 Å². The molecular formula is C13H24N2O4. The maximum atomic E-state index is 11.8. The van der Waals surface area contributed by atoms with Gasteiger partial charge < -0.3 is 20.1 Å². The topological polar surface area (TPSA) is 78.9 Å². The summed E-state index contributed by atoms with van der Waals surface area (Å²) in [6.07, 6.45) is 2.44. The van der Waals surface area contributed by atoms with Crippen molar-refractivity contribution in [2.45, 2.75) is 26.2 Å². The third kappa shape index (κ3) is 5.92. The smallest absolute Gasteiger partial charge is 0.317 e. The lowest BCUT2D eigenvalue weighted by molar-refractivity contribution is -0.141. The second-order valence-electron chi connectivity index (χ2n) is 5.20. The lowest BCUT2D eigenvalue weighted by Crippen LogP contribution is -2.41. The van der Waals surface area contributed by atoms with Crippen LogP contribution in [0, 0.1) is 11.8 Å². The first-order valence-corrected chi connectivity index (χ1v) is 6.80. The molecule has 1 heterocycles. The Morgan fingerprint density at radius 2 is 2.05 bits per heavy atom. The Morgan fingerprint density at radius 1 is 1.42 bits per heavy atom. The zero-order valence-corrected chi connectivity index (χ0v) is 11.7. The van der Waals surface area contributed by atoms with Crippen LogP contribution in [0.1, 0.15) is 26.2 Å². The number of urea groups is 1. The van der Waals surface area contributed by atoms with E-state index in [2.05, 4.69) is 5.32 Å². The molecule has 1 rings (SSSR count). The van der Waals surface area contributed by atoms with Crippen molar-refractivity contribution in [2.75, 3.05) is 33.4 Å². The van der Waals surface area contributed by atoms with Gasteiger partial charge in [0.1, 0.15) is 0 Å². The van der Waals surface area contributed by atoms with E-state index in [1.165, 1.54) is 0 Å². The number of carboxylic acids is 1. The number of ether oxygens (including phenoxy) is 1. The second-order valence-corrected chi connectivity index (χ2v) is 5.20. The number of carboxylic acid groups (broad SMARTS) is 1. The van der Waals surface area contributed by atoms with Gasteiger partial charge in [-0.3, -0.25) is 4.79 Å². The third-order valence-corrected chi connectivity index (χ3v) is 3.49. The van der Waals surface area contributed by atoms with E-state index < -0.39 is 11.9 Å². The van der Waals surface area contributed by atoms with E-state index in [-0.39, 0.29) is 6.03 Å². The van der Waals surface area contributed by atoms with Crippen molar-refractivity contribution < 1.29 is 19.4 Å². The number of carbonyl (C=O) groups excluding carboxylic acids is 1. The number of hydrogen-bond donors (Lipinski definition) is 2. The van der Waals surface area contributed by atoms with Gasteiger partial charge in [-0.15, -0.1) is 0 Å². The predicted octanol–water partition coefficient (Wildman–Crippen LogP) is 1.17. The van der Waals surface area contributed by atoms with Gasteiger partial charge >= 0.3 is 12.0 Å². The molecule has 6 nitrogen and oxygen atoms in total. The van der Waals surface area contributed by atoms with Gasteiger partial charge in [-0.2, -0.15) is 0 Å².